The SMILES string of the molecule is C=CCOc1c(Br)cc(C=Nn2c(CC)nc3ccc(Br)cc3c2=O)cc1Br. The highest BCUT2D eigenvalue weighted by atomic mass is 79.9. The first-order chi connectivity index (χ1) is 13.4. The molecule has 0 aliphatic rings. The molecule has 8 heteroatoms. The summed E-state index contributed by atoms with van der Waals surface area (Å²) in [4.78, 5) is 17.5. The van der Waals surface area contributed by atoms with Gasteiger partial charge in [-0.1, -0.05) is 35.5 Å². The van der Waals surface area contributed by atoms with Crippen LogP contribution in [0.25, 0.3) is 10.9 Å². The topological polar surface area (TPSA) is 56.5 Å². The van der Waals surface area contributed by atoms with Crippen LogP contribution in [-0.4, -0.2) is 22.5 Å². The van der Waals surface area contributed by atoms with E-state index in [1.807, 2.05) is 31.2 Å². The molecule has 28 heavy (non-hydrogen) atoms. The minimum atomic E-state index is -0.205. The number of rotatable bonds is 6. The van der Waals surface area contributed by atoms with Gasteiger partial charge in [-0.3, -0.25) is 4.79 Å². The van der Waals surface area contributed by atoms with Gasteiger partial charge in [0.05, 0.1) is 26.1 Å². The van der Waals surface area contributed by atoms with Gasteiger partial charge in [-0.25, -0.2) is 4.98 Å². The maximum Gasteiger partial charge on any atom is 0.282 e. The van der Waals surface area contributed by atoms with Crippen molar-refractivity contribution in [1.82, 2.24) is 9.66 Å². The molecule has 0 amide bonds. The van der Waals surface area contributed by atoms with Crippen molar-refractivity contribution in [2.24, 2.45) is 5.10 Å². The number of halogens is 3. The zero-order chi connectivity index (χ0) is 20.3. The van der Waals surface area contributed by atoms with Gasteiger partial charge in [0, 0.05) is 10.9 Å². The average Bonchev–Trinajstić information content (AvgIpc) is 2.67. The second-order valence-electron chi connectivity index (χ2n) is 5.82. The predicted molar refractivity (Wildman–Crippen MR) is 124 cm³/mol. The fourth-order valence-electron chi connectivity index (χ4n) is 2.60. The van der Waals surface area contributed by atoms with Crippen molar-refractivity contribution in [2.75, 3.05) is 6.61 Å². The molecular formula is C20H16Br3N3O2. The number of aryl methyl sites for hydroxylation is 1. The largest absolute Gasteiger partial charge is 0.487 e. The van der Waals surface area contributed by atoms with E-state index in [0.29, 0.717) is 35.5 Å². The Hall–Kier alpha value is -1.77. The Morgan fingerprint density at radius 2 is 1.93 bits per heavy atom. The molecule has 0 fully saturated rings. The van der Waals surface area contributed by atoms with Gasteiger partial charge < -0.3 is 4.74 Å². The number of hydrogen-bond acceptors (Lipinski definition) is 4. The Labute approximate surface area is 187 Å². The summed E-state index contributed by atoms with van der Waals surface area (Å²) in [6.07, 6.45) is 3.89. The summed E-state index contributed by atoms with van der Waals surface area (Å²) in [5, 5.41) is 4.92. The first-order valence-electron chi connectivity index (χ1n) is 8.43. The van der Waals surface area contributed by atoms with Crippen LogP contribution in [-0.2, 0) is 6.42 Å². The molecule has 0 saturated carbocycles. The molecule has 0 radical (unpaired) electrons. The lowest BCUT2D eigenvalue weighted by atomic mass is 10.2. The van der Waals surface area contributed by atoms with Crippen LogP contribution in [0, 0.1) is 0 Å². The molecule has 0 atom stereocenters. The lowest BCUT2D eigenvalue weighted by Crippen LogP contribution is -2.22. The maximum atomic E-state index is 12.9. The van der Waals surface area contributed by atoms with Gasteiger partial charge in [0.2, 0.25) is 0 Å². The Morgan fingerprint density at radius 3 is 2.57 bits per heavy atom. The molecular weight excluding hydrogens is 554 g/mol. The van der Waals surface area contributed by atoms with E-state index in [4.69, 9.17) is 4.74 Å². The number of ether oxygens (including phenoxy) is 1. The summed E-state index contributed by atoms with van der Waals surface area (Å²) >= 11 is 10.4. The Bertz CT molecular complexity index is 1120. The Kier molecular flexibility index (Phi) is 6.85. The van der Waals surface area contributed by atoms with E-state index in [2.05, 4.69) is 64.5 Å². The van der Waals surface area contributed by atoms with E-state index in [-0.39, 0.29) is 5.56 Å². The zero-order valence-corrected chi connectivity index (χ0v) is 19.7. The number of nitrogens with zero attached hydrogens (tertiary/aromatic N) is 3. The van der Waals surface area contributed by atoms with Gasteiger partial charge in [0.25, 0.3) is 5.56 Å². The normalized spacial score (nSPS) is 11.3. The first kappa shape index (κ1) is 21.0. The quantitative estimate of drug-likeness (QED) is 0.283. The molecule has 1 heterocycles. The first-order valence-corrected chi connectivity index (χ1v) is 10.8. The fraction of sp³-hybridized carbons (Fsp3) is 0.150. The highest BCUT2D eigenvalue weighted by molar-refractivity contribution is 9.11. The molecule has 2 aromatic carbocycles. The molecule has 3 rings (SSSR count). The summed E-state index contributed by atoms with van der Waals surface area (Å²) in [6, 6.07) is 9.19. The monoisotopic (exact) mass is 567 g/mol. The molecule has 1 aromatic heterocycles. The van der Waals surface area contributed by atoms with Crippen LogP contribution in [0.3, 0.4) is 0 Å². The van der Waals surface area contributed by atoms with Crippen molar-refractivity contribution in [3.63, 3.8) is 0 Å². The second kappa shape index (κ2) is 9.15. The number of hydrogen-bond donors (Lipinski definition) is 0. The van der Waals surface area contributed by atoms with Crippen molar-refractivity contribution in [3.05, 3.63) is 78.1 Å². The predicted octanol–water partition coefficient (Wildman–Crippen LogP) is 5.69. The number of benzene rings is 2. The molecule has 3 aromatic rings. The smallest absolute Gasteiger partial charge is 0.282 e. The maximum absolute atomic E-state index is 12.9. The average molecular weight is 570 g/mol. The van der Waals surface area contributed by atoms with Crippen LogP contribution in [0.15, 0.2) is 66.3 Å². The summed E-state index contributed by atoms with van der Waals surface area (Å²) < 4.78 is 9.33. The van der Waals surface area contributed by atoms with E-state index in [1.165, 1.54) is 4.68 Å². The van der Waals surface area contributed by atoms with Crippen molar-refractivity contribution in [3.8, 4) is 5.75 Å². The zero-order valence-electron chi connectivity index (χ0n) is 15.0. The summed E-state index contributed by atoms with van der Waals surface area (Å²) in [5.41, 5.74) is 1.25. The molecule has 0 bridgehead atoms. The van der Waals surface area contributed by atoms with E-state index >= 15 is 0 Å². The highest BCUT2D eigenvalue weighted by Crippen LogP contribution is 2.34. The molecule has 0 spiro atoms. The van der Waals surface area contributed by atoms with Crippen LogP contribution in [0.2, 0.25) is 0 Å². The van der Waals surface area contributed by atoms with Crippen LogP contribution >= 0.6 is 47.8 Å². The van der Waals surface area contributed by atoms with E-state index in [0.717, 1.165) is 19.0 Å². The Morgan fingerprint density at radius 1 is 1.21 bits per heavy atom. The molecule has 0 unspecified atom stereocenters. The molecule has 144 valence electrons. The van der Waals surface area contributed by atoms with Gasteiger partial charge in [0.15, 0.2) is 0 Å². The third-order valence-electron chi connectivity index (χ3n) is 3.88. The lowest BCUT2D eigenvalue weighted by molar-refractivity contribution is 0.358. The van der Waals surface area contributed by atoms with Crippen molar-refractivity contribution in [1.29, 1.82) is 0 Å². The standard InChI is InChI=1S/C20H16Br3N3O2/c1-3-7-28-19-15(22)8-12(9-16(19)23)11-24-26-18(4-2)25-17-6-5-13(21)10-14(17)20(26)27/h3,5-6,8-11H,1,4,7H2,2H3. The van der Waals surface area contributed by atoms with Gasteiger partial charge in [0.1, 0.15) is 18.2 Å². The second-order valence-corrected chi connectivity index (χ2v) is 8.44. The van der Waals surface area contributed by atoms with Gasteiger partial charge in [-0.05, 0) is 67.8 Å². The van der Waals surface area contributed by atoms with Gasteiger partial charge in [-0.2, -0.15) is 9.78 Å². The van der Waals surface area contributed by atoms with Crippen molar-refractivity contribution >= 4 is 64.9 Å². The van der Waals surface area contributed by atoms with E-state index in [1.54, 1.807) is 18.4 Å². The number of fused-ring (bicyclic) bond motifs is 1. The van der Waals surface area contributed by atoms with Crippen molar-refractivity contribution in [2.45, 2.75) is 13.3 Å². The third-order valence-corrected chi connectivity index (χ3v) is 5.55. The minimum absolute atomic E-state index is 0.205. The fourth-order valence-corrected chi connectivity index (χ4v) is 4.41. The molecule has 0 aliphatic carbocycles. The third kappa shape index (κ3) is 4.45. The summed E-state index contributed by atoms with van der Waals surface area (Å²) in [5.74, 6) is 1.28. The van der Waals surface area contributed by atoms with Crippen LogP contribution in [0.1, 0.15) is 18.3 Å². The van der Waals surface area contributed by atoms with E-state index in [9.17, 15) is 4.79 Å². The summed E-state index contributed by atoms with van der Waals surface area (Å²) in [6.45, 7) is 5.99. The minimum Gasteiger partial charge on any atom is -0.487 e. The number of aromatic nitrogens is 2. The van der Waals surface area contributed by atoms with Gasteiger partial charge >= 0.3 is 0 Å². The van der Waals surface area contributed by atoms with Gasteiger partial charge in [-0.15, -0.1) is 0 Å². The van der Waals surface area contributed by atoms with E-state index < -0.39 is 0 Å². The summed E-state index contributed by atoms with van der Waals surface area (Å²) in [7, 11) is 0. The lowest BCUT2D eigenvalue weighted by Gasteiger charge is -2.10. The highest BCUT2D eigenvalue weighted by Gasteiger charge is 2.11. The molecule has 0 N–H and O–H groups in total. The van der Waals surface area contributed by atoms with Crippen LogP contribution in [0.4, 0.5) is 0 Å². The molecule has 0 saturated heterocycles. The van der Waals surface area contributed by atoms with Crippen LogP contribution < -0.4 is 10.3 Å². The Balaban J connectivity index is 2.04. The van der Waals surface area contributed by atoms with Crippen molar-refractivity contribution < 1.29 is 4.74 Å². The van der Waals surface area contributed by atoms with Crippen LogP contribution in [0.5, 0.6) is 5.75 Å². The molecule has 5 nitrogen and oxygen atoms in total. The molecule has 0 aliphatic heterocycles.